The minimum absolute atomic E-state index is 0.0430. The molecular formula is C13H20BrNO. The topological polar surface area (TPSA) is 32.3 Å². The third-order valence-corrected chi connectivity index (χ3v) is 3.40. The highest BCUT2D eigenvalue weighted by Crippen LogP contribution is 2.20. The van der Waals surface area contributed by atoms with Crippen molar-refractivity contribution < 1.29 is 5.11 Å². The summed E-state index contributed by atoms with van der Waals surface area (Å²) in [5.74, 6) is 0. The number of benzene rings is 1. The lowest BCUT2D eigenvalue weighted by atomic mass is 9.98. The highest BCUT2D eigenvalue weighted by Gasteiger charge is 2.23. The second-order valence-electron chi connectivity index (χ2n) is 4.82. The monoisotopic (exact) mass is 285 g/mol. The Bertz CT molecular complexity index is 346. The number of rotatable bonds is 4. The molecule has 0 saturated heterocycles. The zero-order valence-electron chi connectivity index (χ0n) is 10.3. The zero-order chi connectivity index (χ0) is 12.3. The average Bonchev–Trinajstić information content (AvgIpc) is 2.16. The summed E-state index contributed by atoms with van der Waals surface area (Å²) in [5, 5.41) is 13.3. The fourth-order valence-corrected chi connectivity index (χ4v) is 1.87. The largest absolute Gasteiger partial charge is 0.389 e. The van der Waals surface area contributed by atoms with Crippen LogP contribution in [0.15, 0.2) is 28.7 Å². The smallest absolute Gasteiger partial charge is 0.0741 e. The van der Waals surface area contributed by atoms with Crippen molar-refractivity contribution in [3.63, 3.8) is 0 Å². The van der Waals surface area contributed by atoms with E-state index in [1.807, 2.05) is 32.9 Å². The second-order valence-corrected chi connectivity index (χ2v) is 5.73. The molecule has 0 bridgehead atoms. The SMILES string of the molecule is CC(NC(C)C(C)(C)O)c1cccc(Br)c1. The van der Waals surface area contributed by atoms with Crippen LogP contribution < -0.4 is 5.32 Å². The van der Waals surface area contributed by atoms with E-state index in [9.17, 15) is 5.11 Å². The van der Waals surface area contributed by atoms with E-state index in [2.05, 4.69) is 40.3 Å². The van der Waals surface area contributed by atoms with Crippen LogP contribution in [0, 0.1) is 0 Å². The Morgan fingerprint density at radius 2 is 1.94 bits per heavy atom. The summed E-state index contributed by atoms with van der Waals surface area (Å²) >= 11 is 3.46. The minimum Gasteiger partial charge on any atom is -0.389 e. The summed E-state index contributed by atoms with van der Waals surface area (Å²) in [7, 11) is 0. The molecule has 0 aliphatic carbocycles. The standard InChI is InChI=1S/C13H20BrNO/c1-9(15-10(2)13(3,4)16)11-6-5-7-12(14)8-11/h5-10,15-16H,1-4H3. The first-order valence-corrected chi connectivity index (χ1v) is 6.34. The fraction of sp³-hybridized carbons (Fsp3) is 0.538. The molecule has 1 aromatic carbocycles. The van der Waals surface area contributed by atoms with Crippen LogP contribution in [0.3, 0.4) is 0 Å². The van der Waals surface area contributed by atoms with E-state index >= 15 is 0 Å². The molecule has 0 fully saturated rings. The van der Waals surface area contributed by atoms with Gasteiger partial charge >= 0.3 is 0 Å². The summed E-state index contributed by atoms with van der Waals surface area (Å²) in [6, 6.07) is 8.47. The van der Waals surface area contributed by atoms with Crippen molar-refractivity contribution in [2.24, 2.45) is 0 Å². The van der Waals surface area contributed by atoms with Crippen LogP contribution in [-0.4, -0.2) is 16.7 Å². The molecular weight excluding hydrogens is 266 g/mol. The Morgan fingerprint density at radius 1 is 1.31 bits per heavy atom. The third-order valence-electron chi connectivity index (χ3n) is 2.91. The third kappa shape index (κ3) is 3.89. The van der Waals surface area contributed by atoms with E-state index < -0.39 is 5.60 Å². The van der Waals surface area contributed by atoms with Gasteiger partial charge in [0.05, 0.1) is 5.60 Å². The Hall–Kier alpha value is -0.380. The normalized spacial score (nSPS) is 15.9. The maximum absolute atomic E-state index is 9.86. The minimum atomic E-state index is -0.708. The summed E-state index contributed by atoms with van der Waals surface area (Å²) < 4.78 is 1.08. The first-order chi connectivity index (χ1) is 7.30. The zero-order valence-corrected chi connectivity index (χ0v) is 11.9. The Balaban J connectivity index is 2.69. The van der Waals surface area contributed by atoms with Crippen LogP contribution in [0.2, 0.25) is 0 Å². The summed E-state index contributed by atoms with van der Waals surface area (Å²) in [5.41, 5.74) is 0.505. The molecule has 0 aliphatic heterocycles. The van der Waals surface area contributed by atoms with Crippen molar-refractivity contribution in [3.8, 4) is 0 Å². The average molecular weight is 286 g/mol. The Labute approximate surface area is 106 Å². The predicted octanol–water partition coefficient (Wildman–Crippen LogP) is 3.26. The number of aliphatic hydroxyl groups is 1. The van der Waals surface area contributed by atoms with Crippen LogP contribution in [0.4, 0.5) is 0 Å². The molecule has 0 spiro atoms. The van der Waals surface area contributed by atoms with Crippen LogP contribution in [0.5, 0.6) is 0 Å². The summed E-state index contributed by atoms with van der Waals surface area (Å²) in [4.78, 5) is 0. The van der Waals surface area contributed by atoms with Gasteiger partial charge in [-0.25, -0.2) is 0 Å². The molecule has 0 aromatic heterocycles. The fourth-order valence-electron chi connectivity index (χ4n) is 1.45. The first kappa shape index (κ1) is 13.7. The van der Waals surface area contributed by atoms with Gasteiger partial charge in [0.15, 0.2) is 0 Å². The van der Waals surface area contributed by atoms with E-state index in [0.29, 0.717) is 0 Å². The Kier molecular flexibility index (Phi) is 4.53. The van der Waals surface area contributed by atoms with Crippen LogP contribution >= 0.6 is 15.9 Å². The van der Waals surface area contributed by atoms with Crippen molar-refractivity contribution in [3.05, 3.63) is 34.3 Å². The molecule has 0 radical (unpaired) electrons. The van der Waals surface area contributed by atoms with E-state index in [0.717, 1.165) is 4.47 Å². The van der Waals surface area contributed by atoms with Gasteiger partial charge in [0.1, 0.15) is 0 Å². The van der Waals surface area contributed by atoms with Gasteiger partial charge in [-0.05, 0) is 45.4 Å². The molecule has 3 heteroatoms. The number of nitrogens with one attached hydrogen (secondary N) is 1. The van der Waals surface area contributed by atoms with Crippen molar-refractivity contribution >= 4 is 15.9 Å². The van der Waals surface area contributed by atoms with Gasteiger partial charge in [0.2, 0.25) is 0 Å². The van der Waals surface area contributed by atoms with Crippen molar-refractivity contribution in [1.29, 1.82) is 0 Å². The van der Waals surface area contributed by atoms with Gasteiger partial charge in [-0.1, -0.05) is 28.1 Å². The van der Waals surface area contributed by atoms with Crippen molar-refractivity contribution in [2.75, 3.05) is 0 Å². The van der Waals surface area contributed by atoms with Gasteiger partial charge in [-0.15, -0.1) is 0 Å². The van der Waals surface area contributed by atoms with E-state index in [4.69, 9.17) is 0 Å². The Morgan fingerprint density at radius 3 is 2.44 bits per heavy atom. The second kappa shape index (κ2) is 5.30. The van der Waals surface area contributed by atoms with Gasteiger partial charge in [0, 0.05) is 16.6 Å². The van der Waals surface area contributed by atoms with Gasteiger partial charge in [-0.3, -0.25) is 0 Å². The van der Waals surface area contributed by atoms with Gasteiger partial charge < -0.3 is 10.4 Å². The predicted molar refractivity (Wildman–Crippen MR) is 71.5 cm³/mol. The maximum Gasteiger partial charge on any atom is 0.0741 e. The van der Waals surface area contributed by atoms with Crippen molar-refractivity contribution in [1.82, 2.24) is 5.32 Å². The first-order valence-electron chi connectivity index (χ1n) is 5.54. The molecule has 2 atom stereocenters. The molecule has 2 N–H and O–H groups in total. The molecule has 0 amide bonds. The van der Waals surface area contributed by atoms with E-state index in [-0.39, 0.29) is 12.1 Å². The van der Waals surface area contributed by atoms with Crippen LogP contribution in [0.25, 0.3) is 0 Å². The highest BCUT2D eigenvalue weighted by molar-refractivity contribution is 9.10. The summed E-state index contributed by atoms with van der Waals surface area (Å²) in [6.07, 6.45) is 0. The molecule has 0 heterocycles. The number of halogens is 1. The molecule has 0 saturated carbocycles. The molecule has 0 aliphatic rings. The van der Waals surface area contributed by atoms with E-state index in [1.165, 1.54) is 5.56 Å². The van der Waals surface area contributed by atoms with Gasteiger partial charge in [-0.2, -0.15) is 0 Å². The number of hydrogen-bond acceptors (Lipinski definition) is 2. The number of hydrogen-bond donors (Lipinski definition) is 2. The van der Waals surface area contributed by atoms with Crippen molar-refractivity contribution in [2.45, 2.75) is 45.4 Å². The lowest BCUT2D eigenvalue weighted by Gasteiger charge is -2.30. The highest BCUT2D eigenvalue weighted by atomic mass is 79.9. The lowest BCUT2D eigenvalue weighted by Crippen LogP contribution is -2.45. The molecule has 16 heavy (non-hydrogen) atoms. The van der Waals surface area contributed by atoms with Crippen LogP contribution in [-0.2, 0) is 0 Å². The maximum atomic E-state index is 9.86. The lowest BCUT2D eigenvalue weighted by molar-refractivity contribution is 0.0405. The molecule has 2 nitrogen and oxygen atoms in total. The van der Waals surface area contributed by atoms with E-state index in [1.54, 1.807) is 0 Å². The van der Waals surface area contributed by atoms with Crippen LogP contribution in [0.1, 0.15) is 39.3 Å². The quantitative estimate of drug-likeness (QED) is 0.890. The molecule has 1 aromatic rings. The molecule has 2 unspecified atom stereocenters. The molecule has 1 rings (SSSR count). The summed E-state index contributed by atoms with van der Waals surface area (Å²) in [6.45, 7) is 7.73. The molecule has 90 valence electrons. The van der Waals surface area contributed by atoms with Gasteiger partial charge in [0.25, 0.3) is 0 Å².